The van der Waals surface area contributed by atoms with Gasteiger partial charge in [0.25, 0.3) is 0 Å². The minimum atomic E-state index is -3.35. The van der Waals surface area contributed by atoms with Gasteiger partial charge in [0.1, 0.15) is 0 Å². The lowest BCUT2D eigenvalue weighted by atomic mass is 11.3. The zero-order valence-electron chi connectivity index (χ0n) is 3.83. The Bertz CT molecular complexity index is 135. The van der Waals surface area contributed by atoms with Gasteiger partial charge in [0, 0.05) is 0 Å². The van der Waals surface area contributed by atoms with Crippen LogP contribution in [-0.4, -0.2) is 19.0 Å². The highest BCUT2D eigenvalue weighted by atomic mass is 32.2. The molecule has 0 amide bonds. The van der Waals surface area contributed by atoms with Crippen LogP contribution in [-0.2, 0) is 10.0 Å². The van der Waals surface area contributed by atoms with E-state index in [2.05, 4.69) is 14.1 Å². The van der Waals surface area contributed by atoms with Gasteiger partial charge in [-0.05, 0) is 0 Å². The molecule has 4 radical (unpaired) electrons. The topological polar surface area (TPSA) is 37.4 Å². The molecule has 0 saturated heterocycles. The number of hydrogen-bond donors (Lipinski definition) is 0. The first-order valence-corrected chi connectivity index (χ1v) is 3.29. The highest BCUT2D eigenvalue weighted by Gasteiger charge is 2.02. The molecule has 0 aliphatic heterocycles. The zero-order chi connectivity index (χ0) is 6.08. The summed E-state index contributed by atoms with van der Waals surface area (Å²) < 4.78 is 20.2. The van der Waals surface area contributed by atoms with E-state index in [-0.39, 0.29) is 4.31 Å². The Morgan fingerprint density at radius 3 is 1.57 bits per heavy atom. The van der Waals surface area contributed by atoms with Crippen molar-refractivity contribution in [3.63, 3.8) is 0 Å². The van der Waals surface area contributed by atoms with Crippen LogP contribution in [0.3, 0.4) is 0 Å². The van der Waals surface area contributed by atoms with Gasteiger partial charge in [-0.25, -0.2) is 8.42 Å². The van der Waals surface area contributed by atoms with Crippen LogP contribution in [0.4, 0.5) is 0 Å². The lowest BCUT2D eigenvalue weighted by Crippen LogP contribution is -2.14. The maximum Gasteiger partial charge on any atom is 0.211 e. The average molecular weight is 119 g/mol. The van der Waals surface area contributed by atoms with Crippen LogP contribution in [0.15, 0.2) is 0 Å². The maximum absolute atomic E-state index is 10.0. The average Bonchev–Trinajstić information content (AvgIpc) is 1.31. The normalized spacial score (nSPS) is 12.6. The predicted molar refractivity (Wildman–Crippen MR) is 25.3 cm³/mol. The van der Waals surface area contributed by atoms with Gasteiger partial charge in [0.2, 0.25) is 10.0 Å². The SMILES string of the molecule is [CH]N([CH])S(C)(=O)=O. The first-order valence-electron chi connectivity index (χ1n) is 1.44. The van der Waals surface area contributed by atoms with Gasteiger partial charge in [0.05, 0.1) is 20.4 Å². The van der Waals surface area contributed by atoms with Crippen LogP contribution < -0.4 is 0 Å². The molecule has 0 aromatic carbocycles. The Morgan fingerprint density at radius 1 is 1.43 bits per heavy atom. The van der Waals surface area contributed by atoms with E-state index in [1.807, 2.05) is 0 Å². The van der Waals surface area contributed by atoms with E-state index < -0.39 is 10.0 Å². The van der Waals surface area contributed by atoms with Crippen molar-refractivity contribution in [1.29, 1.82) is 0 Å². The lowest BCUT2D eigenvalue weighted by molar-refractivity contribution is 0.557. The Kier molecular flexibility index (Phi) is 1.77. The second-order valence-corrected chi connectivity index (χ2v) is 2.98. The summed E-state index contributed by atoms with van der Waals surface area (Å²) in [7, 11) is 5.83. The van der Waals surface area contributed by atoms with Gasteiger partial charge in [-0.3, -0.25) is 0 Å². The first-order chi connectivity index (χ1) is 2.94. The van der Waals surface area contributed by atoms with E-state index in [0.717, 1.165) is 6.26 Å². The summed E-state index contributed by atoms with van der Waals surface area (Å²) in [5.74, 6) is 0. The highest BCUT2D eigenvalue weighted by Crippen LogP contribution is 1.87. The highest BCUT2D eigenvalue weighted by molar-refractivity contribution is 7.88. The van der Waals surface area contributed by atoms with E-state index in [1.165, 1.54) is 0 Å². The molecular formula is C3H5NO2S. The second-order valence-electron chi connectivity index (χ2n) is 1.09. The Balaban J connectivity index is 4.10. The fraction of sp³-hybridized carbons (Fsp3) is 0.333. The fourth-order valence-corrected chi connectivity index (χ4v) is 0. The molecule has 0 fully saturated rings. The van der Waals surface area contributed by atoms with Gasteiger partial charge in [0.15, 0.2) is 0 Å². The van der Waals surface area contributed by atoms with E-state index in [0.29, 0.717) is 0 Å². The quantitative estimate of drug-likeness (QED) is 0.440. The van der Waals surface area contributed by atoms with E-state index in [4.69, 9.17) is 0 Å². The molecule has 0 rings (SSSR count). The minimum Gasteiger partial charge on any atom is -0.212 e. The predicted octanol–water partition coefficient (Wildman–Crippen LogP) is -0.415. The maximum atomic E-state index is 10.0. The van der Waals surface area contributed by atoms with Crippen LogP contribution in [0, 0.1) is 14.1 Å². The van der Waals surface area contributed by atoms with Crippen LogP contribution in [0.5, 0.6) is 0 Å². The molecule has 0 spiro atoms. The molecule has 0 aliphatic carbocycles. The second kappa shape index (κ2) is 1.79. The largest absolute Gasteiger partial charge is 0.212 e. The standard InChI is InChI=1S/C3H5NO2S/c1-4(2)7(3,5)6/h1-2H,3H3. The molecule has 0 heterocycles. The summed E-state index contributed by atoms with van der Waals surface area (Å²) in [4.78, 5) is 0. The smallest absolute Gasteiger partial charge is 0.211 e. The summed E-state index contributed by atoms with van der Waals surface area (Å²) >= 11 is 0. The molecule has 3 nitrogen and oxygen atoms in total. The molecule has 0 aromatic rings. The molecule has 4 heteroatoms. The molecule has 40 valence electrons. The summed E-state index contributed by atoms with van der Waals surface area (Å²) in [5, 5.41) is 0. The molecule has 7 heavy (non-hydrogen) atoms. The van der Waals surface area contributed by atoms with Crippen LogP contribution in [0.25, 0.3) is 0 Å². The number of rotatable bonds is 1. The molecule has 0 bridgehead atoms. The van der Waals surface area contributed by atoms with E-state index in [1.54, 1.807) is 0 Å². The van der Waals surface area contributed by atoms with Crippen molar-refractivity contribution in [1.82, 2.24) is 4.31 Å². The van der Waals surface area contributed by atoms with Crippen molar-refractivity contribution in [2.24, 2.45) is 0 Å². The third-order valence-corrected chi connectivity index (χ3v) is 1.15. The summed E-state index contributed by atoms with van der Waals surface area (Å²) in [6.07, 6.45) is 0.910. The third-order valence-electron chi connectivity index (χ3n) is 0.383. The summed E-state index contributed by atoms with van der Waals surface area (Å²) in [6.45, 7) is 0. The van der Waals surface area contributed by atoms with Crippen LogP contribution in [0.2, 0.25) is 0 Å². The molecule has 0 aromatic heterocycles. The van der Waals surface area contributed by atoms with E-state index >= 15 is 0 Å². The molecule has 0 atom stereocenters. The van der Waals surface area contributed by atoms with Crippen LogP contribution >= 0.6 is 0 Å². The van der Waals surface area contributed by atoms with Gasteiger partial charge in [-0.15, -0.1) is 0 Å². The molecule has 0 N–H and O–H groups in total. The molecule has 0 saturated carbocycles. The van der Waals surface area contributed by atoms with Gasteiger partial charge < -0.3 is 0 Å². The molecule has 0 unspecified atom stereocenters. The van der Waals surface area contributed by atoms with E-state index in [9.17, 15) is 8.42 Å². The summed E-state index contributed by atoms with van der Waals surface area (Å²) in [6, 6.07) is 0. The van der Waals surface area contributed by atoms with Crippen LogP contribution in [0.1, 0.15) is 0 Å². The Morgan fingerprint density at radius 2 is 1.57 bits per heavy atom. The van der Waals surface area contributed by atoms with Crippen molar-refractivity contribution in [2.45, 2.75) is 0 Å². The lowest BCUT2D eigenvalue weighted by Gasteiger charge is -2.01. The molecule has 0 aliphatic rings. The Labute approximate surface area is 44.0 Å². The van der Waals surface area contributed by atoms with Crippen molar-refractivity contribution >= 4 is 10.0 Å². The van der Waals surface area contributed by atoms with Crippen molar-refractivity contribution in [3.8, 4) is 0 Å². The van der Waals surface area contributed by atoms with Crippen molar-refractivity contribution in [3.05, 3.63) is 14.1 Å². The molecular weight excluding hydrogens is 114 g/mol. The fourth-order valence-electron chi connectivity index (χ4n) is 0. The van der Waals surface area contributed by atoms with Crippen molar-refractivity contribution in [2.75, 3.05) is 6.26 Å². The minimum absolute atomic E-state index is 0.160. The number of nitrogens with zero attached hydrogens (tertiary/aromatic N) is 1. The number of sulfonamides is 1. The zero-order valence-corrected chi connectivity index (χ0v) is 4.64. The number of hydrogen-bond acceptors (Lipinski definition) is 2. The van der Waals surface area contributed by atoms with Crippen molar-refractivity contribution < 1.29 is 8.42 Å². The van der Waals surface area contributed by atoms with Gasteiger partial charge in [-0.2, -0.15) is 4.31 Å². The monoisotopic (exact) mass is 119 g/mol. The third kappa shape index (κ3) is 2.59. The Hall–Kier alpha value is -0.0900. The van der Waals surface area contributed by atoms with Gasteiger partial charge >= 0.3 is 0 Å². The first kappa shape index (κ1) is 6.91. The summed E-state index contributed by atoms with van der Waals surface area (Å²) in [5.41, 5.74) is 0. The van der Waals surface area contributed by atoms with Gasteiger partial charge in [-0.1, -0.05) is 0 Å².